The van der Waals surface area contributed by atoms with Gasteiger partial charge in [0.05, 0.1) is 31.0 Å². The Morgan fingerprint density at radius 2 is 1.80 bits per heavy atom. The Kier molecular flexibility index (Phi) is 10.00. The molecule has 12 nitrogen and oxygen atoms in total. The van der Waals surface area contributed by atoms with Crippen LogP contribution in [0.3, 0.4) is 0 Å². The fourth-order valence-corrected chi connectivity index (χ4v) is 6.29. The maximum atomic E-state index is 14.9. The van der Waals surface area contributed by atoms with Crippen LogP contribution in [-0.4, -0.2) is 87.6 Å². The van der Waals surface area contributed by atoms with E-state index in [1.807, 2.05) is 32.4 Å². The van der Waals surface area contributed by atoms with Crippen molar-refractivity contribution in [3.8, 4) is 11.5 Å². The molecule has 3 aliphatic rings. The standard InChI is InChI=1S/C36H43FN6O6/c1-5-9-41-19-33(44)39-31-17-42(34(45)8-10-43-23(4)21(2)22(3)40-43)18-32(31)48-20-24-11-27(37)16-29(12-24)49-30-14-25(13-26(15-30)36(41)47)35(46)38-28-6-7-28/h11-16,28,31-32H,5-10,17-20H2,1-4H3,(H,38,46)(H,39,44)/t31-,32-/m1/s1. The molecular weight excluding hydrogens is 631 g/mol. The second kappa shape index (κ2) is 14.4. The molecule has 13 heteroatoms. The molecule has 2 N–H and O–H groups in total. The fourth-order valence-electron chi connectivity index (χ4n) is 6.29. The van der Waals surface area contributed by atoms with Crippen LogP contribution < -0.4 is 15.4 Å². The van der Waals surface area contributed by atoms with E-state index in [0.29, 0.717) is 18.5 Å². The molecule has 1 aromatic heterocycles. The third-order valence-electron chi connectivity index (χ3n) is 9.32. The van der Waals surface area contributed by atoms with Crippen LogP contribution in [0.2, 0.25) is 0 Å². The van der Waals surface area contributed by atoms with Crippen molar-refractivity contribution in [3.05, 3.63) is 75.9 Å². The van der Waals surface area contributed by atoms with Gasteiger partial charge in [-0.05, 0) is 81.5 Å². The van der Waals surface area contributed by atoms with Gasteiger partial charge in [0.25, 0.3) is 11.8 Å². The molecule has 1 aliphatic carbocycles. The largest absolute Gasteiger partial charge is 0.457 e. The van der Waals surface area contributed by atoms with Crippen molar-refractivity contribution >= 4 is 23.6 Å². The number of nitrogens with one attached hydrogen (secondary N) is 2. The van der Waals surface area contributed by atoms with Crippen molar-refractivity contribution in [3.63, 3.8) is 0 Å². The number of aryl methyl sites for hydroxylation is 2. The van der Waals surface area contributed by atoms with E-state index < -0.39 is 29.8 Å². The van der Waals surface area contributed by atoms with Crippen LogP contribution in [0.1, 0.15) is 75.8 Å². The maximum Gasteiger partial charge on any atom is 0.254 e. The van der Waals surface area contributed by atoms with Gasteiger partial charge < -0.3 is 29.9 Å². The lowest BCUT2D eigenvalue weighted by molar-refractivity contribution is -0.131. The van der Waals surface area contributed by atoms with Crippen LogP contribution in [0, 0.1) is 26.6 Å². The monoisotopic (exact) mass is 674 g/mol. The summed E-state index contributed by atoms with van der Waals surface area (Å²) in [6.07, 6.45) is 2.00. The molecule has 260 valence electrons. The second-order valence-electron chi connectivity index (χ2n) is 13.2. The molecule has 0 radical (unpaired) electrons. The van der Waals surface area contributed by atoms with Crippen molar-refractivity contribution in [2.75, 3.05) is 26.2 Å². The van der Waals surface area contributed by atoms with Gasteiger partial charge in [-0.3, -0.25) is 23.9 Å². The summed E-state index contributed by atoms with van der Waals surface area (Å²) in [7, 11) is 0. The second-order valence-corrected chi connectivity index (χ2v) is 13.2. The number of nitrogens with zero attached hydrogens (tertiary/aromatic N) is 4. The molecule has 6 rings (SSSR count). The van der Waals surface area contributed by atoms with E-state index in [1.165, 1.54) is 35.2 Å². The normalized spacial score (nSPS) is 19.7. The average Bonchev–Trinajstić information content (AvgIpc) is 3.74. The van der Waals surface area contributed by atoms with Gasteiger partial charge in [0.15, 0.2) is 0 Å². The van der Waals surface area contributed by atoms with Crippen molar-refractivity contribution in [2.45, 2.75) is 84.7 Å². The van der Waals surface area contributed by atoms with Crippen molar-refractivity contribution in [1.29, 1.82) is 0 Å². The molecule has 49 heavy (non-hydrogen) atoms. The number of fused-ring (bicyclic) bond motifs is 5. The average molecular weight is 675 g/mol. The molecule has 3 aromatic rings. The Morgan fingerprint density at radius 3 is 2.51 bits per heavy atom. The minimum Gasteiger partial charge on any atom is -0.457 e. The van der Waals surface area contributed by atoms with Gasteiger partial charge >= 0.3 is 0 Å². The molecule has 4 amide bonds. The Morgan fingerprint density at radius 1 is 1.02 bits per heavy atom. The number of rotatable bonds is 7. The Bertz CT molecular complexity index is 1770. The van der Waals surface area contributed by atoms with Crippen LogP contribution >= 0.6 is 0 Å². The molecule has 2 aromatic carbocycles. The predicted molar refractivity (Wildman–Crippen MR) is 178 cm³/mol. The first kappa shape index (κ1) is 34.1. The van der Waals surface area contributed by atoms with Crippen LogP contribution in [0.4, 0.5) is 4.39 Å². The number of carbonyl (C=O) groups is 4. The molecule has 1 saturated carbocycles. The van der Waals surface area contributed by atoms with Gasteiger partial charge in [0, 0.05) is 61.5 Å². The van der Waals surface area contributed by atoms with E-state index in [9.17, 15) is 23.6 Å². The number of amides is 4. The van der Waals surface area contributed by atoms with E-state index in [0.717, 1.165) is 29.8 Å². The number of halogens is 1. The zero-order chi connectivity index (χ0) is 34.8. The van der Waals surface area contributed by atoms with Crippen LogP contribution in [0.5, 0.6) is 11.5 Å². The van der Waals surface area contributed by atoms with Gasteiger partial charge in [-0.25, -0.2) is 4.39 Å². The summed E-state index contributed by atoms with van der Waals surface area (Å²) < 4.78 is 29.0. The summed E-state index contributed by atoms with van der Waals surface area (Å²) in [5.74, 6) is -1.53. The van der Waals surface area contributed by atoms with Crippen LogP contribution in [0.15, 0.2) is 36.4 Å². The molecule has 0 spiro atoms. The Balaban J connectivity index is 1.26. The number of aromatic nitrogens is 2. The van der Waals surface area contributed by atoms with Crippen LogP contribution in [0.25, 0.3) is 0 Å². The number of carbonyl (C=O) groups excluding carboxylic acids is 4. The quantitative estimate of drug-likeness (QED) is 0.390. The van der Waals surface area contributed by atoms with Crippen molar-refractivity contribution < 1.29 is 33.0 Å². The number of hydrogen-bond acceptors (Lipinski definition) is 7. The molecule has 3 heterocycles. The van der Waals surface area contributed by atoms with Gasteiger partial charge in [-0.1, -0.05) is 6.92 Å². The summed E-state index contributed by atoms with van der Waals surface area (Å²) >= 11 is 0. The van der Waals surface area contributed by atoms with Crippen LogP contribution in [-0.2, 0) is 27.5 Å². The maximum absolute atomic E-state index is 14.9. The zero-order valence-electron chi connectivity index (χ0n) is 28.4. The molecule has 2 fully saturated rings. The highest BCUT2D eigenvalue weighted by molar-refractivity contribution is 6.01. The first-order valence-corrected chi connectivity index (χ1v) is 16.9. The minimum absolute atomic E-state index is 0.00620. The molecule has 4 bridgehead atoms. The summed E-state index contributed by atoms with van der Waals surface area (Å²) in [4.78, 5) is 56.9. The van der Waals surface area contributed by atoms with Gasteiger partial charge in [0.1, 0.15) is 17.3 Å². The summed E-state index contributed by atoms with van der Waals surface area (Å²) in [6.45, 7) is 8.72. The SMILES string of the molecule is CCCN1CC(=O)N[C@@H]2CN(C(=O)CCn3nc(C)c(C)c3C)C[C@H]2OCc2cc(F)cc(c2)Oc2cc(C(=O)NC3CC3)cc(c2)C1=O. The lowest BCUT2D eigenvalue weighted by Gasteiger charge is -2.25. The molecule has 2 aliphatic heterocycles. The third-order valence-corrected chi connectivity index (χ3v) is 9.32. The summed E-state index contributed by atoms with van der Waals surface area (Å²) in [6, 6.07) is 8.20. The zero-order valence-corrected chi connectivity index (χ0v) is 28.4. The molecular formula is C36H43FN6O6. The first-order valence-electron chi connectivity index (χ1n) is 16.9. The topological polar surface area (TPSA) is 135 Å². The molecule has 2 atom stereocenters. The number of hydrogen-bond donors (Lipinski definition) is 2. The molecule has 1 saturated heterocycles. The highest BCUT2D eigenvalue weighted by Crippen LogP contribution is 2.29. The highest BCUT2D eigenvalue weighted by atomic mass is 19.1. The fraction of sp³-hybridized carbons (Fsp3) is 0.472. The highest BCUT2D eigenvalue weighted by Gasteiger charge is 2.37. The minimum atomic E-state index is -0.583. The summed E-state index contributed by atoms with van der Waals surface area (Å²) in [5.41, 5.74) is 3.89. The Labute approximate surface area is 284 Å². The number of ether oxygens (including phenoxy) is 2. The number of benzene rings is 2. The number of likely N-dealkylation sites (tertiary alicyclic amines) is 1. The van der Waals surface area contributed by atoms with Crippen molar-refractivity contribution in [2.24, 2.45) is 0 Å². The van der Waals surface area contributed by atoms with E-state index >= 15 is 0 Å². The van der Waals surface area contributed by atoms with E-state index in [2.05, 4.69) is 15.7 Å². The van der Waals surface area contributed by atoms with E-state index in [4.69, 9.17) is 9.47 Å². The van der Waals surface area contributed by atoms with Crippen molar-refractivity contribution in [1.82, 2.24) is 30.2 Å². The van der Waals surface area contributed by atoms with E-state index in [1.54, 1.807) is 11.0 Å². The summed E-state index contributed by atoms with van der Waals surface area (Å²) in [5, 5.41) is 10.5. The van der Waals surface area contributed by atoms with Gasteiger partial charge in [-0.2, -0.15) is 5.10 Å². The lowest BCUT2D eigenvalue weighted by Crippen LogP contribution is -2.49. The third kappa shape index (κ3) is 8.10. The first-order chi connectivity index (χ1) is 23.5. The van der Waals surface area contributed by atoms with Gasteiger partial charge in [0.2, 0.25) is 11.8 Å². The predicted octanol–water partition coefficient (Wildman–Crippen LogP) is 3.80. The van der Waals surface area contributed by atoms with Gasteiger partial charge in [-0.15, -0.1) is 0 Å². The van der Waals surface area contributed by atoms with E-state index in [-0.39, 0.29) is 79.7 Å². The molecule has 0 unspecified atom stereocenters. The lowest BCUT2D eigenvalue weighted by atomic mass is 10.1. The smallest absolute Gasteiger partial charge is 0.254 e. The Hall–Kier alpha value is -4.78.